The zero-order valence-corrected chi connectivity index (χ0v) is 14.0. The predicted octanol–water partition coefficient (Wildman–Crippen LogP) is 2.90. The average Bonchev–Trinajstić information content (AvgIpc) is 2.45. The molecule has 0 aromatic heterocycles. The third-order valence-electron chi connectivity index (χ3n) is 3.78. The molecule has 1 aliphatic carbocycles. The summed E-state index contributed by atoms with van der Waals surface area (Å²) in [4.78, 5) is 0.0444. The van der Waals surface area contributed by atoms with Gasteiger partial charge in [-0.3, -0.25) is 0 Å². The van der Waals surface area contributed by atoms with Gasteiger partial charge in [0.15, 0.2) is 0 Å². The predicted molar refractivity (Wildman–Crippen MR) is 82.0 cm³/mol. The Labute approximate surface area is 133 Å². The van der Waals surface area contributed by atoms with Gasteiger partial charge >= 0.3 is 0 Å². The van der Waals surface area contributed by atoms with E-state index >= 15 is 0 Å². The van der Waals surface area contributed by atoms with Gasteiger partial charge in [-0.05, 0) is 47.0 Å². The Balaban J connectivity index is 2.36. The van der Waals surface area contributed by atoms with Crippen molar-refractivity contribution in [1.82, 2.24) is 4.31 Å². The lowest BCUT2D eigenvalue weighted by atomic mass is 9.95. The third kappa shape index (κ3) is 3.83. The van der Waals surface area contributed by atoms with Gasteiger partial charge in [0.1, 0.15) is 5.82 Å². The van der Waals surface area contributed by atoms with Crippen molar-refractivity contribution < 1.29 is 17.9 Å². The van der Waals surface area contributed by atoms with Gasteiger partial charge < -0.3 is 5.11 Å². The number of hydrogen-bond donors (Lipinski definition) is 1. The summed E-state index contributed by atoms with van der Waals surface area (Å²) in [6, 6.07) is 3.45. The number of aliphatic hydroxyl groups is 1. The summed E-state index contributed by atoms with van der Waals surface area (Å²) in [7, 11) is -3.75. The van der Waals surface area contributed by atoms with Gasteiger partial charge in [-0.15, -0.1) is 0 Å². The number of halogens is 2. The molecule has 0 unspecified atom stereocenters. The van der Waals surface area contributed by atoms with Crippen LogP contribution in [0.15, 0.2) is 27.6 Å². The van der Waals surface area contributed by atoms with Crippen LogP contribution < -0.4 is 0 Å². The molecule has 1 aromatic carbocycles. The lowest BCUT2D eigenvalue weighted by molar-refractivity contribution is 0.199. The van der Waals surface area contributed by atoms with Crippen LogP contribution in [0.1, 0.15) is 32.1 Å². The van der Waals surface area contributed by atoms with Crippen LogP contribution in [0.25, 0.3) is 0 Å². The number of rotatable bonds is 5. The van der Waals surface area contributed by atoms with Gasteiger partial charge in [-0.1, -0.05) is 19.3 Å². The van der Waals surface area contributed by atoms with Gasteiger partial charge in [-0.2, -0.15) is 4.31 Å². The van der Waals surface area contributed by atoms with E-state index < -0.39 is 15.8 Å². The molecule has 1 aromatic rings. The molecule has 1 saturated carbocycles. The summed E-state index contributed by atoms with van der Waals surface area (Å²) < 4.78 is 40.4. The first kappa shape index (κ1) is 16.9. The van der Waals surface area contributed by atoms with Crippen molar-refractivity contribution in [1.29, 1.82) is 0 Å². The number of hydrogen-bond acceptors (Lipinski definition) is 3. The minimum atomic E-state index is -3.75. The first-order valence-corrected chi connectivity index (χ1v) is 9.28. The van der Waals surface area contributed by atoms with Crippen LogP contribution in [-0.4, -0.2) is 37.0 Å². The van der Waals surface area contributed by atoms with Crippen molar-refractivity contribution in [3.8, 4) is 0 Å². The molecule has 118 valence electrons. The Morgan fingerprint density at radius 2 is 1.95 bits per heavy atom. The van der Waals surface area contributed by atoms with E-state index in [1.807, 2.05) is 0 Å². The molecule has 0 bridgehead atoms. The quantitative estimate of drug-likeness (QED) is 0.855. The Morgan fingerprint density at radius 1 is 1.29 bits per heavy atom. The Hall–Kier alpha value is -0.500. The zero-order valence-electron chi connectivity index (χ0n) is 11.6. The van der Waals surface area contributed by atoms with E-state index in [1.54, 1.807) is 0 Å². The van der Waals surface area contributed by atoms with Gasteiger partial charge in [0.2, 0.25) is 10.0 Å². The second kappa shape index (κ2) is 7.17. The summed E-state index contributed by atoms with van der Waals surface area (Å²) in [5.41, 5.74) is 0. The zero-order chi connectivity index (χ0) is 15.5. The van der Waals surface area contributed by atoms with Crippen molar-refractivity contribution in [2.45, 2.75) is 43.0 Å². The van der Waals surface area contributed by atoms with Crippen LogP contribution >= 0.6 is 15.9 Å². The van der Waals surface area contributed by atoms with E-state index in [1.165, 1.54) is 10.4 Å². The van der Waals surface area contributed by atoms with Crippen LogP contribution in [0.2, 0.25) is 0 Å². The average molecular weight is 380 g/mol. The summed E-state index contributed by atoms with van der Waals surface area (Å²) in [6.45, 7) is -0.161. The maximum atomic E-state index is 13.2. The van der Waals surface area contributed by atoms with Crippen molar-refractivity contribution >= 4 is 26.0 Å². The maximum absolute atomic E-state index is 13.2. The number of sulfonamides is 1. The van der Waals surface area contributed by atoms with Crippen LogP contribution in [0.3, 0.4) is 0 Å². The van der Waals surface area contributed by atoms with Crippen LogP contribution in [0, 0.1) is 5.82 Å². The molecule has 0 spiro atoms. The highest BCUT2D eigenvalue weighted by molar-refractivity contribution is 9.10. The molecule has 4 nitrogen and oxygen atoms in total. The highest BCUT2D eigenvalue weighted by Gasteiger charge is 2.33. The fourth-order valence-corrected chi connectivity index (χ4v) is 5.47. The minimum absolute atomic E-state index is 0.0444. The SMILES string of the molecule is O=S(=O)(c1ccc(F)cc1Br)N(CCO)C1CCCCC1. The molecule has 0 radical (unpaired) electrons. The Morgan fingerprint density at radius 3 is 2.52 bits per heavy atom. The van der Waals surface area contributed by atoms with Gasteiger partial charge in [0, 0.05) is 17.1 Å². The molecule has 1 aliphatic rings. The summed E-state index contributed by atoms with van der Waals surface area (Å²) >= 11 is 3.12. The van der Waals surface area contributed by atoms with Crippen LogP contribution in [0.4, 0.5) is 4.39 Å². The monoisotopic (exact) mass is 379 g/mol. The lowest BCUT2D eigenvalue weighted by Gasteiger charge is -2.33. The van der Waals surface area contributed by atoms with E-state index in [9.17, 15) is 17.9 Å². The highest BCUT2D eigenvalue weighted by atomic mass is 79.9. The van der Waals surface area contributed by atoms with E-state index in [-0.39, 0.29) is 28.6 Å². The fraction of sp³-hybridized carbons (Fsp3) is 0.571. The summed E-state index contributed by atoms with van der Waals surface area (Å²) in [6.07, 6.45) is 4.71. The second-order valence-electron chi connectivity index (χ2n) is 5.21. The first-order valence-electron chi connectivity index (χ1n) is 7.04. The fourth-order valence-electron chi connectivity index (χ4n) is 2.78. The molecule has 0 saturated heterocycles. The van der Waals surface area contributed by atoms with E-state index in [4.69, 9.17) is 0 Å². The molecule has 0 atom stereocenters. The first-order chi connectivity index (χ1) is 9.96. The van der Waals surface area contributed by atoms with Gasteiger partial charge in [0.05, 0.1) is 11.5 Å². The van der Waals surface area contributed by atoms with Crippen molar-refractivity contribution in [2.75, 3.05) is 13.2 Å². The number of benzene rings is 1. The maximum Gasteiger partial charge on any atom is 0.244 e. The highest BCUT2D eigenvalue weighted by Crippen LogP contribution is 2.31. The van der Waals surface area contributed by atoms with E-state index in [0.717, 1.165) is 44.2 Å². The minimum Gasteiger partial charge on any atom is -0.395 e. The van der Waals surface area contributed by atoms with Crippen LogP contribution in [0.5, 0.6) is 0 Å². The molecule has 7 heteroatoms. The van der Waals surface area contributed by atoms with Crippen molar-refractivity contribution in [3.05, 3.63) is 28.5 Å². The smallest absolute Gasteiger partial charge is 0.244 e. The lowest BCUT2D eigenvalue weighted by Crippen LogP contribution is -2.43. The standard InChI is InChI=1S/C14H19BrFNO3S/c15-13-10-11(16)6-7-14(13)21(19,20)17(8-9-18)12-4-2-1-3-5-12/h6-7,10,12,18H,1-5,8-9H2. The molecule has 21 heavy (non-hydrogen) atoms. The molecule has 1 fully saturated rings. The normalized spacial score (nSPS) is 17.3. The molecular formula is C14H19BrFNO3S. The molecule has 0 amide bonds. The molecule has 0 heterocycles. The molecule has 1 N–H and O–H groups in total. The molecule has 0 aliphatic heterocycles. The van der Waals surface area contributed by atoms with E-state index in [2.05, 4.69) is 15.9 Å². The molecular weight excluding hydrogens is 361 g/mol. The summed E-state index contributed by atoms with van der Waals surface area (Å²) in [5, 5.41) is 9.21. The van der Waals surface area contributed by atoms with Crippen molar-refractivity contribution in [3.63, 3.8) is 0 Å². The van der Waals surface area contributed by atoms with Gasteiger partial charge in [0.25, 0.3) is 0 Å². The largest absolute Gasteiger partial charge is 0.395 e. The van der Waals surface area contributed by atoms with Crippen LogP contribution in [-0.2, 0) is 10.0 Å². The molecule has 2 rings (SSSR count). The van der Waals surface area contributed by atoms with Gasteiger partial charge in [-0.25, -0.2) is 12.8 Å². The number of aliphatic hydroxyl groups excluding tert-OH is 1. The topological polar surface area (TPSA) is 57.6 Å². The number of nitrogens with zero attached hydrogens (tertiary/aromatic N) is 1. The Bertz CT molecular complexity index is 588. The third-order valence-corrected chi connectivity index (χ3v) is 6.71. The van der Waals surface area contributed by atoms with Crippen molar-refractivity contribution in [2.24, 2.45) is 0 Å². The second-order valence-corrected chi connectivity index (χ2v) is 7.92. The summed E-state index contributed by atoms with van der Waals surface area (Å²) in [5.74, 6) is -0.493. The Kier molecular flexibility index (Phi) is 5.76. The van der Waals surface area contributed by atoms with E-state index in [0.29, 0.717) is 0 Å².